The van der Waals surface area contributed by atoms with Crippen LogP contribution in [0.25, 0.3) is 0 Å². The SMILES string of the molecule is CCCNCCCCCOC(C)COCC. The van der Waals surface area contributed by atoms with E-state index in [-0.39, 0.29) is 6.10 Å². The molecule has 0 aliphatic rings. The highest BCUT2D eigenvalue weighted by atomic mass is 16.5. The van der Waals surface area contributed by atoms with Crippen LogP contribution in [0.4, 0.5) is 0 Å². The fourth-order valence-electron chi connectivity index (χ4n) is 1.45. The van der Waals surface area contributed by atoms with Gasteiger partial charge in [0, 0.05) is 13.2 Å². The molecule has 1 N–H and O–H groups in total. The van der Waals surface area contributed by atoms with Crippen molar-refractivity contribution < 1.29 is 9.47 Å². The summed E-state index contributed by atoms with van der Waals surface area (Å²) in [6, 6.07) is 0. The number of hydrogen-bond acceptors (Lipinski definition) is 3. The van der Waals surface area contributed by atoms with E-state index >= 15 is 0 Å². The Labute approximate surface area is 101 Å². The van der Waals surface area contributed by atoms with Crippen molar-refractivity contribution in [3.63, 3.8) is 0 Å². The van der Waals surface area contributed by atoms with Gasteiger partial charge in [-0.25, -0.2) is 0 Å². The molecule has 0 aromatic heterocycles. The summed E-state index contributed by atoms with van der Waals surface area (Å²) in [6.07, 6.45) is 5.11. The van der Waals surface area contributed by atoms with Crippen LogP contribution in [-0.4, -0.2) is 39.0 Å². The summed E-state index contributed by atoms with van der Waals surface area (Å²) < 4.78 is 10.9. The molecule has 0 spiro atoms. The largest absolute Gasteiger partial charge is 0.379 e. The highest BCUT2D eigenvalue weighted by Crippen LogP contribution is 1.98. The molecule has 0 aromatic carbocycles. The Morgan fingerprint density at radius 2 is 1.88 bits per heavy atom. The van der Waals surface area contributed by atoms with Gasteiger partial charge in [0.2, 0.25) is 0 Å². The third kappa shape index (κ3) is 12.0. The molecule has 0 aromatic rings. The van der Waals surface area contributed by atoms with Crippen LogP contribution < -0.4 is 5.32 Å². The van der Waals surface area contributed by atoms with Crippen LogP contribution >= 0.6 is 0 Å². The van der Waals surface area contributed by atoms with Gasteiger partial charge in [0.1, 0.15) is 0 Å². The average Bonchev–Trinajstić information content (AvgIpc) is 2.30. The third-order valence-corrected chi connectivity index (χ3v) is 2.38. The quantitative estimate of drug-likeness (QED) is 0.524. The Hall–Kier alpha value is -0.120. The van der Waals surface area contributed by atoms with E-state index in [0.717, 1.165) is 32.7 Å². The second-order valence-electron chi connectivity index (χ2n) is 4.15. The molecule has 0 fully saturated rings. The van der Waals surface area contributed by atoms with Crippen molar-refractivity contribution in [2.24, 2.45) is 0 Å². The van der Waals surface area contributed by atoms with Crippen LogP contribution in [-0.2, 0) is 9.47 Å². The molecule has 3 heteroatoms. The zero-order valence-electron chi connectivity index (χ0n) is 11.3. The molecule has 0 aliphatic carbocycles. The molecular weight excluding hydrogens is 202 g/mol. The lowest BCUT2D eigenvalue weighted by Gasteiger charge is -2.12. The second-order valence-corrected chi connectivity index (χ2v) is 4.15. The highest BCUT2D eigenvalue weighted by Gasteiger charge is 2.00. The summed E-state index contributed by atoms with van der Waals surface area (Å²) in [5.41, 5.74) is 0. The summed E-state index contributed by atoms with van der Waals surface area (Å²) in [7, 11) is 0. The number of hydrogen-bond donors (Lipinski definition) is 1. The summed E-state index contributed by atoms with van der Waals surface area (Å²) >= 11 is 0. The topological polar surface area (TPSA) is 30.5 Å². The van der Waals surface area contributed by atoms with Gasteiger partial charge in [-0.2, -0.15) is 0 Å². The summed E-state index contributed by atoms with van der Waals surface area (Å²) in [5.74, 6) is 0. The smallest absolute Gasteiger partial charge is 0.0780 e. The third-order valence-electron chi connectivity index (χ3n) is 2.38. The molecule has 98 valence electrons. The van der Waals surface area contributed by atoms with Gasteiger partial charge in [-0.15, -0.1) is 0 Å². The first kappa shape index (κ1) is 15.9. The molecule has 0 heterocycles. The first-order valence-electron chi connectivity index (χ1n) is 6.71. The fraction of sp³-hybridized carbons (Fsp3) is 1.00. The minimum absolute atomic E-state index is 0.234. The van der Waals surface area contributed by atoms with Crippen molar-refractivity contribution in [2.75, 3.05) is 32.9 Å². The Morgan fingerprint density at radius 1 is 1.06 bits per heavy atom. The Bertz CT molecular complexity index is 131. The monoisotopic (exact) mass is 231 g/mol. The van der Waals surface area contributed by atoms with E-state index in [9.17, 15) is 0 Å². The molecular formula is C13H29NO2. The number of ether oxygens (including phenoxy) is 2. The lowest BCUT2D eigenvalue weighted by molar-refractivity contribution is -0.00454. The maximum atomic E-state index is 5.63. The lowest BCUT2D eigenvalue weighted by atomic mass is 10.2. The Kier molecular flexibility index (Phi) is 12.9. The Morgan fingerprint density at radius 3 is 2.56 bits per heavy atom. The zero-order valence-corrected chi connectivity index (χ0v) is 11.3. The predicted molar refractivity (Wildman–Crippen MR) is 68.9 cm³/mol. The molecule has 1 unspecified atom stereocenters. The van der Waals surface area contributed by atoms with E-state index < -0.39 is 0 Å². The van der Waals surface area contributed by atoms with Crippen molar-refractivity contribution in [3.8, 4) is 0 Å². The minimum Gasteiger partial charge on any atom is -0.379 e. The van der Waals surface area contributed by atoms with Gasteiger partial charge >= 0.3 is 0 Å². The van der Waals surface area contributed by atoms with Crippen LogP contribution in [0.2, 0.25) is 0 Å². The Balaban J connectivity index is 3.02. The average molecular weight is 231 g/mol. The van der Waals surface area contributed by atoms with E-state index in [1.165, 1.54) is 19.3 Å². The standard InChI is InChI=1S/C13H29NO2/c1-4-9-14-10-7-6-8-11-16-13(3)12-15-5-2/h13-14H,4-12H2,1-3H3. The maximum Gasteiger partial charge on any atom is 0.0780 e. The normalized spacial score (nSPS) is 12.9. The molecule has 0 bridgehead atoms. The highest BCUT2D eigenvalue weighted by molar-refractivity contribution is 4.50. The van der Waals surface area contributed by atoms with E-state index in [4.69, 9.17) is 9.47 Å². The minimum atomic E-state index is 0.234. The number of unbranched alkanes of at least 4 members (excludes halogenated alkanes) is 2. The van der Waals surface area contributed by atoms with Gasteiger partial charge in [-0.05, 0) is 52.6 Å². The fourth-order valence-corrected chi connectivity index (χ4v) is 1.45. The second kappa shape index (κ2) is 12.9. The zero-order chi connectivity index (χ0) is 12.1. The van der Waals surface area contributed by atoms with Crippen molar-refractivity contribution in [3.05, 3.63) is 0 Å². The van der Waals surface area contributed by atoms with Crippen LogP contribution in [0.15, 0.2) is 0 Å². The molecule has 0 aliphatic heterocycles. The molecule has 3 nitrogen and oxygen atoms in total. The molecule has 0 saturated heterocycles. The first-order valence-corrected chi connectivity index (χ1v) is 6.71. The van der Waals surface area contributed by atoms with Crippen molar-refractivity contribution in [2.45, 2.75) is 52.6 Å². The van der Waals surface area contributed by atoms with E-state index in [1.807, 2.05) is 6.92 Å². The van der Waals surface area contributed by atoms with Crippen molar-refractivity contribution in [1.29, 1.82) is 0 Å². The van der Waals surface area contributed by atoms with E-state index in [1.54, 1.807) is 0 Å². The van der Waals surface area contributed by atoms with Crippen LogP contribution in [0.5, 0.6) is 0 Å². The van der Waals surface area contributed by atoms with Crippen LogP contribution in [0.1, 0.15) is 46.5 Å². The summed E-state index contributed by atoms with van der Waals surface area (Å²) in [6.45, 7) is 10.9. The van der Waals surface area contributed by atoms with Crippen molar-refractivity contribution in [1.82, 2.24) is 5.32 Å². The van der Waals surface area contributed by atoms with Crippen LogP contribution in [0, 0.1) is 0 Å². The molecule has 0 rings (SSSR count). The van der Waals surface area contributed by atoms with E-state index in [2.05, 4.69) is 19.2 Å². The number of nitrogens with one attached hydrogen (secondary N) is 1. The lowest BCUT2D eigenvalue weighted by Crippen LogP contribution is -2.17. The summed E-state index contributed by atoms with van der Waals surface area (Å²) in [4.78, 5) is 0. The van der Waals surface area contributed by atoms with Gasteiger partial charge < -0.3 is 14.8 Å². The summed E-state index contributed by atoms with van der Waals surface area (Å²) in [5, 5.41) is 3.40. The van der Waals surface area contributed by atoms with Gasteiger partial charge in [0.15, 0.2) is 0 Å². The first-order chi connectivity index (χ1) is 7.81. The maximum absolute atomic E-state index is 5.63. The van der Waals surface area contributed by atoms with Gasteiger partial charge in [0.05, 0.1) is 12.7 Å². The van der Waals surface area contributed by atoms with Gasteiger partial charge in [-0.1, -0.05) is 6.92 Å². The molecule has 16 heavy (non-hydrogen) atoms. The molecule has 0 saturated carbocycles. The number of rotatable bonds is 12. The molecule has 0 radical (unpaired) electrons. The van der Waals surface area contributed by atoms with Gasteiger partial charge in [-0.3, -0.25) is 0 Å². The van der Waals surface area contributed by atoms with Gasteiger partial charge in [0.25, 0.3) is 0 Å². The van der Waals surface area contributed by atoms with Crippen molar-refractivity contribution >= 4 is 0 Å². The predicted octanol–water partition coefficient (Wildman–Crippen LogP) is 2.60. The molecule has 1 atom stereocenters. The van der Waals surface area contributed by atoms with Crippen LogP contribution in [0.3, 0.4) is 0 Å². The van der Waals surface area contributed by atoms with E-state index in [0.29, 0.717) is 6.61 Å². The molecule has 0 amide bonds.